The summed E-state index contributed by atoms with van der Waals surface area (Å²) in [7, 11) is 0. The van der Waals surface area contributed by atoms with Crippen molar-refractivity contribution < 1.29 is 9.53 Å². The third-order valence-electron chi connectivity index (χ3n) is 2.46. The van der Waals surface area contributed by atoms with Crippen molar-refractivity contribution in [2.45, 2.75) is 6.42 Å². The molecule has 0 atom stereocenters. The lowest BCUT2D eigenvalue weighted by Gasteiger charge is -2.05. The fourth-order valence-corrected chi connectivity index (χ4v) is 1.85. The van der Waals surface area contributed by atoms with Gasteiger partial charge in [0.05, 0.1) is 24.1 Å². The summed E-state index contributed by atoms with van der Waals surface area (Å²) in [5.41, 5.74) is 2.46. The number of imidazole rings is 1. The van der Waals surface area contributed by atoms with Crippen LogP contribution in [0.4, 0.5) is 5.69 Å². The lowest BCUT2D eigenvalue weighted by Crippen LogP contribution is -2.14. The van der Waals surface area contributed by atoms with E-state index in [1.165, 1.54) is 0 Å². The van der Waals surface area contributed by atoms with Gasteiger partial charge in [0.1, 0.15) is 6.61 Å². The van der Waals surface area contributed by atoms with Gasteiger partial charge in [-0.2, -0.15) is 0 Å². The summed E-state index contributed by atoms with van der Waals surface area (Å²) in [5.74, 6) is 2.22. The standard InChI is InChI=1S/C13H13N3O2S/c1-2-6-18-7-5-12(17)14-9-3-4-10-11(8-9)16-13(19)15-10/h1,3-4,8H,5-7H2,(H,14,17)(H2,15,16,19). The van der Waals surface area contributed by atoms with Crippen molar-refractivity contribution in [2.75, 3.05) is 18.5 Å². The Morgan fingerprint density at radius 3 is 3.00 bits per heavy atom. The Hall–Kier alpha value is -2.10. The maximum Gasteiger partial charge on any atom is 0.226 e. The molecule has 0 aliphatic heterocycles. The van der Waals surface area contributed by atoms with Gasteiger partial charge in [0, 0.05) is 5.69 Å². The number of hydrogen-bond donors (Lipinski definition) is 3. The fraction of sp³-hybridized carbons (Fsp3) is 0.231. The van der Waals surface area contributed by atoms with E-state index >= 15 is 0 Å². The fourth-order valence-electron chi connectivity index (χ4n) is 1.63. The maximum atomic E-state index is 11.6. The van der Waals surface area contributed by atoms with E-state index in [9.17, 15) is 4.79 Å². The summed E-state index contributed by atoms with van der Waals surface area (Å²) < 4.78 is 5.60. The quantitative estimate of drug-likeness (QED) is 0.445. The van der Waals surface area contributed by atoms with Crippen LogP contribution < -0.4 is 5.32 Å². The zero-order valence-corrected chi connectivity index (χ0v) is 11.0. The van der Waals surface area contributed by atoms with E-state index in [1.54, 1.807) is 0 Å². The minimum absolute atomic E-state index is 0.120. The molecule has 98 valence electrons. The summed E-state index contributed by atoms with van der Waals surface area (Å²) in [6, 6.07) is 5.48. The summed E-state index contributed by atoms with van der Waals surface area (Å²) in [5, 5.41) is 2.78. The minimum Gasteiger partial charge on any atom is -0.368 e. The molecule has 0 aliphatic carbocycles. The summed E-state index contributed by atoms with van der Waals surface area (Å²) in [4.78, 5) is 17.6. The van der Waals surface area contributed by atoms with E-state index in [-0.39, 0.29) is 18.9 Å². The molecule has 6 heteroatoms. The number of benzene rings is 1. The van der Waals surface area contributed by atoms with Gasteiger partial charge in [-0.1, -0.05) is 5.92 Å². The number of rotatable bonds is 5. The van der Waals surface area contributed by atoms with Crippen LogP contribution in [0.2, 0.25) is 0 Å². The average Bonchev–Trinajstić information content (AvgIpc) is 2.74. The van der Waals surface area contributed by atoms with E-state index in [2.05, 4.69) is 21.2 Å². The Kier molecular flexibility index (Phi) is 4.34. The third kappa shape index (κ3) is 3.68. The third-order valence-corrected chi connectivity index (χ3v) is 2.66. The van der Waals surface area contributed by atoms with Crippen LogP contribution in [-0.4, -0.2) is 29.1 Å². The maximum absolute atomic E-state index is 11.6. The van der Waals surface area contributed by atoms with Crippen LogP contribution in [0.25, 0.3) is 11.0 Å². The van der Waals surface area contributed by atoms with Gasteiger partial charge in [-0.15, -0.1) is 6.42 Å². The number of H-pyrrole nitrogens is 2. The highest BCUT2D eigenvalue weighted by atomic mass is 32.1. The molecule has 0 unspecified atom stereocenters. The molecule has 1 amide bonds. The number of ether oxygens (including phenoxy) is 1. The van der Waals surface area contributed by atoms with Gasteiger partial charge >= 0.3 is 0 Å². The number of aromatic amines is 2. The first-order valence-corrected chi connectivity index (χ1v) is 6.13. The van der Waals surface area contributed by atoms with Crippen molar-refractivity contribution in [2.24, 2.45) is 0 Å². The number of terminal acetylenes is 1. The Bertz CT molecular complexity index is 681. The molecule has 1 heterocycles. The number of nitrogens with one attached hydrogen (secondary N) is 3. The van der Waals surface area contributed by atoms with Crippen LogP contribution in [0, 0.1) is 17.1 Å². The summed E-state index contributed by atoms with van der Waals surface area (Å²) in [6.07, 6.45) is 5.30. The number of aromatic nitrogens is 2. The molecule has 0 saturated carbocycles. The summed E-state index contributed by atoms with van der Waals surface area (Å²) in [6.45, 7) is 0.532. The smallest absolute Gasteiger partial charge is 0.226 e. The molecule has 0 spiro atoms. The van der Waals surface area contributed by atoms with Crippen LogP contribution in [0.5, 0.6) is 0 Å². The van der Waals surface area contributed by atoms with Gasteiger partial charge in [0.2, 0.25) is 5.91 Å². The molecule has 1 aromatic heterocycles. The lowest BCUT2D eigenvalue weighted by molar-refractivity contribution is -0.117. The summed E-state index contributed by atoms with van der Waals surface area (Å²) >= 11 is 5.00. The Morgan fingerprint density at radius 2 is 2.21 bits per heavy atom. The molecule has 0 bridgehead atoms. The molecule has 0 fully saturated rings. The van der Waals surface area contributed by atoms with Crippen LogP contribution in [0.3, 0.4) is 0 Å². The van der Waals surface area contributed by atoms with Crippen LogP contribution >= 0.6 is 12.2 Å². The number of carbonyl (C=O) groups excluding carboxylic acids is 1. The molecule has 3 N–H and O–H groups in total. The predicted octanol–water partition coefficient (Wildman–Crippen LogP) is 2.20. The van der Waals surface area contributed by atoms with Gasteiger partial charge < -0.3 is 20.0 Å². The monoisotopic (exact) mass is 275 g/mol. The van der Waals surface area contributed by atoms with Gasteiger partial charge in [0.25, 0.3) is 0 Å². The highest BCUT2D eigenvalue weighted by Gasteiger charge is 2.04. The first-order chi connectivity index (χ1) is 9.19. The molecule has 1 aromatic carbocycles. The Balaban J connectivity index is 1.95. The van der Waals surface area contributed by atoms with Gasteiger partial charge in [-0.05, 0) is 30.4 Å². The average molecular weight is 275 g/mol. The van der Waals surface area contributed by atoms with E-state index < -0.39 is 0 Å². The van der Waals surface area contributed by atoms with E-state index in [4.69, 9.17) is 23.4 Å². The minimum atomic E-state index is -0.120. The topological polar surface area (TPSA) is 69.9 Å². The number of hydrogen-bond acceptors (Lipinski definition) is 3. The molecule has 0 radical (unpaired) electrons. The first-order valence-electron chi connectivity index (χ1n) is 5.72. The van der Waals surface area contributed by atoms with Gasteiger partial charge in [-0.3, -0.25) is 4.79 Å². The molecule has 2 rings (SSSR count). The predicted molar refractivity (Wildman–Crippen MR) is 76.4 cm³/mol. The van der Waals surface area contributed by atoms with Crippen molar-refractivity contribution in [3.05, 3.63) is 23.0 Å². The molecule has 19 heavy (non-hydrogen) atoms. The van der Waals surface area contributed by atoms with Crippen molar-refractivity contribution >= 4 is 34.8 Å². The second-order valence-electron chi connectivity index (χ2n) is 3.89. The van der Waals surface area contributed by atoms with Crippen molar-refractivity contribution in [1.29, 1.82) is 0 Å². The molecular weight excluding hydrogens is 262 g/mol. The number of anilines is 1. The SMILES string of the molecule is C#CCOCCC(=O)Nc1ccc2[nH]c(=S)[nH]c2c1. The molecule has 5 nitrogen and oxygen atoms in total. The number of amides is 1. The second kappa shape index (κ2) is 6.18. The zero-order chi connectivity index (χ0) is 13.7. The lowest BCUT2D eigenvalue weighted by atomic mass is 10.2. The number of fused-ring (bicyclic) bond motifs is 1. The van der Waals surface area contributed by atoms with Crippen LogP contribution in [-0.2, 0) is 9.53 Å². The molecule has 2 aromatic rings. The van der Waals surface area contributed by atoms with Gasteiger partial charge in [-0.25, -0.2) is 0 Å². The first kappa shape index (κ1) is 13.3. The van der Waals surface area contributed by atoms with E-state index in [0.717, 1.165) is 11.0 Å². The van der Waals surface area contributed by atoms with E-state index in [1.807, 2.05) is 18.2 Å². The van der Waals surface area contributed by atoms with E-state index in [0.29, 0.717) is 17.1 Å². The second-order valence-corrected chi connectivity index (χ2v) is 4.30. The largest absolute Gasteiger partial charge is 0.368 e. The highest BCUT2D eigenvalue weighted by molar-refractivity contribution is 7.71. The van der Waals surface area contributed by atoms with Gasteiger partial charge in [0.15, 0.2) is 4.77 Å². The normalized spacial score (nSPS) is 10.3. The zero-order valence-electron chi connectivity index (χ0n) is 10.2. The molecule has 0 saturated heterocycles. The number of carbonyl (C=O) groups is 1. The Morgan fingerprint density at radius 1 is 1.42 bits per heavy atom. The van der Waals surface area contributed by atoms with Crippen molar-refractivity contribution in [1.82, 2.24) is 9.97 Å². The molecular formula is C13H13N3O2S. The highest BCUT2D eigenvalue weighted by Crippen LogP contribution is 2.16. The molecule has 0 aliphatic rings. The van der Waals surface area contributed by atoms with Crippen LogP contribution in [0.1, 0.15) is 6.42 Å². The Labute approximate surface area is 115 Å². The van der Waals surface area contributed by atoms with Crippen molar-refractivity contribution in [3.8, 4) is 12.3 Å². The van der Waals surface area contributed by atoms with Crippen LogP contribution in [0.15, 0.2) is 18.2 Å². The van der Waals surface area contributed by atoms with Crippen molar-refractivity contribution in [3.63, 3.8) is 0 Å².